The Kier molecular flexibility index (Phi) is 6.80. The van der Waals surface area contributed by atoms with Crippen LogP contribution in [0.5, 0.6) is 0 Å². The number of nitriles is 1. The van der Waals surface area contributed by atoms with E-state index in [1.165, 1.54) is 37.2 Å². The Balaban J connectivity index is 1.65. The molecular weight excluding hydrogens is 395 g/mol. The normalized spacial score (nSPS) is 14.3. The lowest BCUT2D eigenvalue weighted by Crippen LogP contribution is -2.29. The largest absolute Gasteiger partial charge is 0.372 e. The van der Waals surface area contributed by atoms with Gasteiger partial charge in [0.25, 0.3) is 5.91 Å². The van der Waals surface area contributed by atoms with Crippen molar-refractivity contribution >= 4 is 46.2 Å². The van der Waals surface area contributed by atoms with E-state index in [1.807, 2.05) is 30.3 Å². The van der Waals surface area contributed by atoms with Gasteiger partial charge in [-0.25, -0.2) is 0 Å². The molecule has 1 saturated heterocycles. The first-order valence-corrected chi connectivity index (χ1v) is 9.80. The molecule has 2 aromatic rings. The Morgan fingerprint density at radius 3 is 2.46 bits per heavy atom. The SMILES string of the molecule is N#C/C(=C/Nc1ccc(N2CCCCC2)cc1)C(=O)Nc1cc(Cl)ccc1Cl. The van der Waals surface area contributed by atoms with Gasteiger partial charge in [-0.3, -0.25) is 4.79 Å². The van der Waals surface area contributed by atoms with E-state index in [2.05, 4.69) is 15.5 Å². The van der Waals surface area contributed by atoms with Crippen LogP contribution < -0.4 is 15.5 Å². The second kappa shape index (κ2) is 9.50. The van der Waals surface area contributed by atoms with E-state index in [-0.39, 0.29) is 5.57 Å². The molecule has 1 aliphatic heterocycles. The number of nitrogens with zero attached hydrogens (tertiary/aromatic N) is 2. The maximum atomic E-state index is 12.3. The van der Waals surface area contributed by atoms with Gasteiger partial charge in [0.2, 0.25) is 0 Å². The Labute approximate surface area is 174 Å². The summed E-state index contributed by atoms with van der Waals surface area (Å²) in [6.45, 7) is 2.16. The third-order valence-electron chi connectivity index (χ3n) is 4.51. The number of rotatable bonds is 5. The highest BCUT2D eigenvalue weighted by atomic mass is 35.5. The first kappa shape index (κ1) is 20.1. The van der Waals surface area contributed by atoms with Crippen LogP contribution >= 0.6 is 23.2 Å². The molecule has 5 nitrogen and oxygen atoms in total. The maximum Gasteiger partial charge on any atom is 0.267 e. The fraction of sp³-hybridized carbons (Fsp3) is 0.238. The predicted octanol–water partition coefficient (Wildman–Crippen LogP) is 5.44. The maximum absolute atomic E-state index is 12.3. The van der Waals surface area contributed by atoms with Crippen LogP contribution in [0.1, 0.15) is 19.3 Å². The summed E-state index contributed by atoms with van der Waals surface area (Å²) in [5.74, 6) is -0.566. The Morgan fingerprint density at radius 1 is 1.07 bits per heavy atom. The van der Waals surface area contributed by atoms with Gasteiger partial charge >= 0.3 is 0 Å². The van der Waals surface area contributed by atoms with Crippen molar-refractivity contribution in [2.75, 3.05) is 28.6 Å². The fourth-order valence-electron chi connectivity index (χ4n) is 3.01. The van der Waals surface area contributed by atoms with Crippen molar-refractivity contribution in [1.82, 2.24) is 0 Å². The molecule has 1 aliphatic rings. The highest BCUT2D eigenvalue weighted by Gasteiger charge is 2.13. The van der Waals surface area contributed by atoms with Crippen molar-refractivity contribution in [3.05, 3.63) is 64.3 Å². The fourth-order valence-corrected chi connectivity index (χ4v) is 3.34. The topological polar surface area (TPSA) is 68.2 Å². The Morgan fingerprint density at radius 2 is 1.79 bits per heavy atom. The number of hydrogen-bond acceptors (Lipinski definition) is 4. The number of halogens is 2. The van der Waals surface area contributed by atoms with Crippen molar-refractivity contribution in [3.8, 4) is 6.07 Å². The molecule has 0 aromatic heterocycles. The summed E-state index contributed by atoms with van der Waals surface area (Å²) in [5, 5.41) is 15.7. The average molecular weight is 415 g/mol. The summed E-state index contributed by atoms with van der Waals surface area (Å²) in [6, 6.07) is 14.6. The monoisotopic (exact) mass is 414 g/mol. The molecule has 1 heterocycles. The second-order valence-electron chi connectivity index (χ2n) is 6.49. The van der Waals surface area contributed by atoms with Gasteiger partial charge in [0.1, 0.15) is 11.6 Å². The lowest BCUT2D eigenvalue weighted by atomic mass is 10.1. The van der Waals surface area contributed by atoms with Crippen LogP contribution in [0.4, 0.5) is 17.1 Å². The number of amides is 1. The van der Waals surface area contributed by atoms with Crippen LogP contribution in [0.3, 0.4) is 0 Å². The molecule has 0 saturated carbocycles. The van der Waals surface area contributed by atoms with Gasteiger partial charge in [0.15, 0.2) is 0 Å². The molecule has 7 heteroatoms. The van der Waals surface area contributed by atoms with Crippen molar-refractivity contribution in [3.63, 3.8) is 0 Å². The average Bonchev–Trinajstić information content (AvgIpc) is 2.72. The lowest BCUT2D eigenvalue weighted by Gasteiger charge is -2.28. The van der Waals surface area contributed by atoms with Gasteiger partial charge in [0, 0.05) is 35.7 Å². The highest BCUT2D eigenvalue weighted by Crippen LogP contribution is 2.26. The van der Waals surface area contributed by atoms with E-state index in [0.717, 1.165) is 18.8 Å². The third kappa shape index (κ3) is 5.19. The number of carbonyl (C=O) groups is 1. The highest BCUT2D eigenvalue weighted by molar-refractivity contribution is 6.36. The number of hydrogen-bond donors (Lipinski definition) is 2. The molecule has 0 bridgehead atoms. The van der Waals surface area contributed by atoms with Crippen LogP contribution in [0.15, 0.2) is 54.2 Å². The summed E-state index contributed by atoms with van der Waals surface area (Å²) in [5.41, 5.74) is 2.26. The van der Waals surface area contributed by atoms with E-state index in [9.17, 15) is 10.1 Å². The molecular formula is C21H20Cl2N4O. The summed E-state index contributed by atoms with van der Waals surface area (Å²) in [7, 11) is 0. The van der Waals surface area contributed by atoms with E-state index in [0.29, 0.717) is 15.7 Å². The zero-order valence-electron chi connectivity index (χ0n) is 15.2. The molecule has 28 heavy (non-hydrogen) atoms. The minimum Gasteiger partial charge on any atom is -0.372 e. The second-order valence-corrected chi connectivity index (χ2v) is 7.33. The van der Waals surface area contributed by atoms with Crippen molar-refractivity contribution < 1.29 is 4.79 Å². The molecule has 3 rings (SSSR count). The van der Waals surface area contributed by atoms with Gasteiger partial charge in [0.05, 0.1) is 10.7 Å². The summed E-state index contributed by atoms with van der Waals surface area (Å²) in [4.78, 5) is 14.7. The summed E-state index contributed by atoms with van der Waals surface area (Å²) in [6.07, 6.45) is 5.12. The first-order valence-electron chi connectivity index (χ1n) is 9.05. The Bertz CT molecular complexity index is 913. The van der Waals surface area contributed by atoms with Crippen LogP contribution in [-0.2, 0) is 4.79 Å². The van der Waals surface area contributed by atoms with Gasteiger partial charge < -0.3 is 15.5 Å². The first-order chi connectivity index (χ1) is 13.6. The molecule has 0 spiro atoms. The Hall–Kier alpha value is -2.68. The van der Waals surface area contributed by atoms with E-state index >= 15 is 0 Å². The summed E-state index contributed by atoms with van der Waals surface area (Å²) < 4.78 is 0. The molecule has 0 unspecified atom stereocenters. The minimum absolute atomic E-state index is 0.0730. The molecule has 0 radical (unpaired) electrons. The third-order valence-corrected chi connectivity index (χ3v) is 5.08. The standard InChI is InChI=1S/C21H20Cl2N4O/c22-16-4-9-19(23)20(12-16)26-21(28)15(13-24)14-25-17-5-7-18(8-6-17)27-10-2-1-3-11-27/h4-9,12,14,25H,1-3,10-11H2,(H,26,28)/b15-14-. The van der Waals surface area contributed by atoms with Crippen LogP contribution in [-0.4, -0.2) is 19.0 Å². The predicted molar refractivity (Wildman–Crippen MR) is 115 cm³/mol. The number of benzene rings is 2. The van der Waals surface area contributed by atoms with Crippen molar-refractivity contribution in [2.45, 2.75) is 19.3 Å². The molecule has 0 atom stereocenters. The molecule has 1 fully saturated rings. The zero-order chi connectivity index (χ0) is 19.9. The van der Waals surface area contributed by atoms with Gasteiger partial charge in [-0.05, 0) is 61.7 Å². The van der Waals surface area contributed by atoms with Crippen LogP contribution in [0.25, 0.3) is 0 Å². The van der Waals surface area contributed by atoms with Gasteiger partial charge in [-0.15, -0.1) is 0 Å². The number of piperidine rings is 1. The minimum atomic E-state index is -0.566. The van der Waals surface area contributed by atoms with Crippen LogP contribution in [0.2, 0.25) is 10.0 Å². The molecule has 2 aromatic carbocycles. The zero-order valence-corrected chi connectivity index (χ0v) is 16.7. The van der Waals surface area contributed by atoms with Gasteiger partial charge in [-0.1, -0.05) is 23.2 Å². The van der Waals surface area contributed by atoms with Crippen molar-refractivity contribution in [2.24, 2.45) is 0 Å². The van der Waals surface area contributed by atoms with E-state index in [1.54, 1.807) is 12.1 Å². The quantitative estimate of drug-likeness (QED) is 0.504. The van der Waals surface area contributed by atoms with Crippen LogP contribution in [0, 0.1) is 11.3 Å². The van der Waals surface area contributed by atoms with E-state index < -0.39 is 5.91 Å². The van der Waals surface area contributed by atoms with Gasteiger partial charge in [-0.2, -0.15) is 5.26 Å². The van der Waals surface area contributed by atoms with E-state index in [4.69, 9.17) is 23.2 Å². The molecule has 144 valence electrons. The smallest absolute Gasteiger partial charge is 0.267 e. The lowest BCUT2D eigenvalue weighted by molar-refractivity contribution is -0.112. The molecule has 0 aliphatic carbocycles. The number of anilines is 3. The van der Waals surface area contributed by atoms with Crippen molar-refractivity contribution in [1.29, 1.82) is 5.26 Å². The molecule has 1 amide bonds. The number of nitrogens with one attached hydrogen (secondary N) is 2. The molecule has 2 N–H and O–H groups in total. The number of carbonyl (C=O) groups excluding carboxylic acids is 1. The summed E-state index contributed by atoms with van der Waals surface area (Å²) >= 11 is 12.0.